The molecule has 0 saturated carbocycles. The molecule has 0 spiro atoms. The summed E-state index contributed by atoms with van der Waals surface area (Å²) in [5, 5.41) is 3.10. The molecule has 0 radical (unpaired) electrons. The molecule has 1 aliphatic heterocycles. The zero-order valence-electron chi connectivity index (χ0n) is 9.13. The van der Waals surface area contributed by atoms with E-state index in [1.165, 1.54) is 25.3 Å². The van der Waals surface area contributed by atoms with E-state index in [1.54, 1.807) is 0 Å². The number of nitrogens with one attached hydrogen (secondary N) is 1. The van der Waals surface area contributed by atoms with Crippen molar-refractivity contribution in [2.45, 2.75) is 18.9 Å². The number of ether oxygens (including phenoxy) is 1. The molecule has 1 N–H and O–H groups in total. The number of hydrogen-bond acceptors (Lipinski definition) is 3. The standard InChI is InChI=1S/C12H14FNO2/c1-16-11-5-4-8(13)7-9(11)12(15)10-3-2-6-14-10/h4-5,7,10,14H,2-3,6H2,1H3. The molecule has 0 aromatic heterocycles. The maximum Gasteiger partial charge on any atom is 0.183 e. The van der Waals surface area contributed by atoms with Gasteiger partial charge in [0.05, 0.1) is 18.7 Å². The second kappa shape index (κ2) is 4.61. The van der Waals surface area contributed by atoms with Crippen LogP contribution in [0.15, 0.2) is 18.2 Å². The second-order valence-corrected chi connectivity index (χ2v) is 3.86. The molecule has 1 aliphatic rings. The van der Waals surface area contributed by atoms with Gasteiger partial charge in [-0.2, -0.15) is 0 Å². The van der Waals surface area contributed by atoms with Gasteiger partial charge >= 0.3 is 0 Å². The number of carbonyl (C=O) groups is 1. The number of carbonyl (C=O) groups excluding carboxylic acids is 1. The van der Waals surface area contributed by atoms with E-state index in [9.17, 15) is 9.18 Å². The van der Waals surface area contributed by atoms with Crippen molar-refractivity contribution in [2.24, 2.45) is 0 Å². The molecule has 1 saturated heterocycles. The van der Waals surface area contributed by atoms with Crippen molar-refractivity contribution >= 4 is 5.78 Å². The number of ketones is 1. The van der Waals surface area contributed by atoms with Crippen molar-refractivity contribution in [3.8, 4) is 5.75 Å². The van der Waals surface area contributed by atoms with Crippen LogP contribution >= 0.6 is 0 Å². The first kappa shape index (κ1) is 11.1. The molecule has 1 aromatic rings. The molecule has 1 fully saturated rings. The highest BCUT2D eigenvalue weighted by Crippen LogP contribution is 2.23. The van der Waals surface area contributed by atoms with Gasteiger partial charge in [-0.1, -0.05) is 0 Å². The Bertz CT molecular complexity index is 400. The van der Waals surface area contributed by atoms with Gasteiger partial charge in [-0.15, -0.1) is 0 Å². The third kappa shape index (κ3) is 2.07. The van der Waals surface area contributed by atoms with Crippen LogP contribution in [0.5, 0.6) is 5.75 Å². The molecule has 0 bridgehead atoms. The first-order valence-electron chi connectivity index (χ1n) is 5.33. The summed E-state index contributed by atoms with van der Waals surface area (Å²) in [4.78, 5) is 12.1. The number of benzene rings is 1. The SMILES string of the molecule is COc1ccc(F)cc1C(=O)C1CCCN1. The van der Waals surface area contributed by atoms with Gasteiger partial charge in [0.25, 0.3) is 0 Å². The fourth-order valence-corrected chi connectivity index (χ4v) is 1.97. The molecule has 86 valence electrons. The van der Waals surface area contributed by atoms with Gasteiger partial charge in [0.15, 0.2) is 5.78 Å². The average molecular weight is 223 g/mol. The molecule has 1 aromatic carbocycles. The Balaban J connectivity index is 2.30. The van der Waals surface area contributed by atoms with Crippen LogP contribution in [0, 0.1) is 5.82 Å². The van der Waals surface area contributed by atoms with Crippen LogP contribution in [0.2, 0.25) is 0 Å². The van der Waals surface area contributed by atoms with Crippen molar-refractivity contribution in [1.29, 1.82) is 0 Å². The number of rotatable bonds is 3. The summed E-state index contributed by atoms with van der Waals surface area (Å²) >= 11 is 0. The molecule has 16 heavy (non-hydrogen) atoms. The summed E-state index contributed by atoms with van der Waals surface area (Å²) in [6.07, 6.45) is 1.78. The molecule has 1 atom stereocenters. The van der Waals surface area contributed by atoms with Crippen LogP contribution in [-0.4, -0.2) is 25.5 Å². The number of methoxy groups -OCH3 is 1. The van der Waals surface area contributed by atoms with E-state index >= 15 is 0 Å². The number of Topliss-reactive ketones (excluding diaryl/α,β-unsaturated/α-hetero) is 1. The molecular weight excluding hydrogens is 209 g/mol. The van der Waals surface area contributed by atoms with Crippen molar-refractivity contribution in [2.75, 3.05) is 13.7 Å². The molecule has 0 aliphatic carbocycles. The number of halogens is 1. The van der Waals surface area contributed by atoms with Gasteiger partial charge in [0.1, 0.15) is 11.6 Å². The van der Waals surface area contributed by atoms with Gasteiger partial charge in [0, 0.05) is 0 Å². The normalized spacial score (nSPS) is 19.8. The minimum Gasteiger partial charge on any atom is -0.496 e. The molecule has 2 rings (SSSR count). The van der Waals surface area contributed by atoms with Gasteiger partial charge in [-0.25, -0.2) is 4.39 Å². The van der Waals surface area contributed by atoms with Crippen molar-refractivity contribution in [3.63, 3.8) is 0 Å². The molecule has 3 nitrogen and oxygen atoms in total. The Morgan fingerprint density at radius 1 is 1.56 bits per heavy atom. The second-order valence-electron chi connectivity index (χ2n) is 3.86. The lowest BCUT2D eigenvalue weighted by atomic mass is 10.0. The van der Waals surface area contributed by atoms with Crippen LogP contribution in [0.4, 0.5) is 4.39 Å². The fraction of sp³-hybridized carbons (Fsp3) is 0.417. The van der Waals surface area contributed by atoms with Crippen LogP contribution < -0.4 is 10.1 Å². The molecule has 0 amide bonds. The minimum absolute atomic E-state index is 0.0890. The van der Waals surface area contributed by atoms with E-state index in [4.69, 9.17) is 4.74 Å². The van der Waals surface area contributed by atoms with E-state index in [1.807, 2.05) is 0 Å². The van der Waals surface area contributed by atoms with Gasteiger partial charge in [0.2, 0.25) is 0 Å². The third-order valence-corrected chi connectivity index (χ3v) is 2.80. The van der Waals surface area contributed by atoms with E-state index in [0.29, 0.717) is 11.3 Å². The monoisotopic (exact) mass is 223 g/mol. The summed E-state index contributed by atoms with van der Waals surface area (Å²) in [5.74, 6) is -0.0731. The Hall–Kier alpha value is -1.42. The van der Waals surface area contributed by atoms with Gasteiger partial charge in [-0.05, 0) is 37.6 Å². The van der Waals surface area contributed by atoms with E-state index in [2.05, 4.69) is 5.32 Å². The lowest BCUT2D eigenvalue weighted by Crippen LogP contribution is -2.31. The molecule has 1 heterocycles. The highest BCUT2D eigenvalue weighted by Gasteiger charge is 2.25. The minimum atomic E-state index is -0.415. The predicted octanol–water partition coefficient (Wildman–Crippen LogP) is 1.77. The smallest absolute Gasteiger partial charge is 0.183 e. The summed E-state index contributed by atoms with van der Waals surface area (Å²) < 4.78 is 18.2. The van der Waals surface area contributed by atoms with E-state index < -0.39 is 5.82 Å². The van der Waals surface area contributed by atoms with E-state index in [0.717, 1.165) is 19.4 Å². The van der Waals surface area contributed by atoms with Crippen molar-refractivity contribution in [1.82, 2.24) is 5.32 Å². The Kier molecular flexibility index (Phi) is 3.19. The summed E-state index contributed by atoms with van der Waals surface area (Å²) in [6, 6.07) is 3.81. The molecular formula is C12H14FNO2. The predicted molar refractivity (Wildman–Crippen MR) is 58.3 cm³/mol. The van der Waals surface area contributed by atoms with Gasteiger partial charge in [-0.3, -0.25) is 4.79 Å². The molecule has 1 unspecified atom stereocenters. The lowest BCUT2D eigenvalue weighted by molar-refractivity contribution is 0.0949. The van der Waals surface area contributed by atoms with Crippen LogP contribution in [-0.2, 0) is 0 Å². The summed E-state index contributed by atoms with van der Waals surface area (Å²) in [5.41, 5.74) is 0.321. The first-order chi connectivity index (χ1) is 7.72. The first-order valence-corrected chi connectivity index (χ1v) is 5.33. The largest absolute Gasteiger partial charge is 0.496 e. The highest BCUT2D eigenvalue weighted by atomic mass is 19.1. The average Bonchev–Trinajstić information content (AvgIpc) is 2.81. The summed E-state index contributed by atoms with van der Waals surface area (Å²) in [6.45, 7) is 0.841. The number of hydrogen-bond donors (Lipinski definition) is 1. The maximum absolute atomic E-state index is 13.1. The van der Waals surface area contributed by atoms with E-state index in [-0.39, 0.29) is 11.8 Å². The quantitative estimate of drug-likeness (QED) is 0.794. The Morgan fingerprint density at radius 2 is 2.38 bits per heavy atom. The third-order valence-electron chi connectivity index (χ3n) is 2.80. The summed E-state index contributed by atoms with van der Waals surface area (Å²) in [7, 11) is 1.48. The van der Waals surface area contributed by atoms with Crippen molar-refractivity contribution in [3.05, 3.63) is 29.6 Å². The zero-order chi connectivity index (χ0) is 11.5. The highest BCUT2D eigenvalue weighted by molar-refractivity contribution is 6.02. The zero-order valence-corrected chi connectivity index (χ0v) is 9.13. The van der Waals surface area contributed by atoms with Crippen LogP contribution in [0.3, 0.4) is 0 Å². The van der Waals surface area contributed by atoms with Crippen molar-refractivity contribution < 1.29 is 13.9 Å². The maximum atomic E-state index is 13.1. The lowest BCUT2D eigenvalue weighted by Gasteiger charge is -2.12. The Labute approximate surface area is 93.6 Å². The van der Waals surface area contributed by atoms with Gasteiger partial charge < -0.3 is 10.1 Å². The van der Waals surface area contributed by atoms with Crippen LogP contribution in [0.1, 0.15) is 23.2 Å². The Morgan fingerprint density at radius 3 is 3.00 bits per heavy atom. The topological polar surface area (TPSA) is 38.3 Å². The molecule has 4 heteroatoms. The fourth-order valence-electron chi connectivity index (χ4n) is 1.97. The van der Waals surface area contributed by atoms with Crippen LogP contribution in [0.25, 0.3) is 0 Å².